The number of aliphatic hydroxyl groups is 2. The number of amides is 2. The van der Waals surface area contributed by atoms with Gasteiger partial charge in [0, 0.05) is 15.8 Å². The van der Waals surface area contributed by atoms with Gasteiger partial charge in [-0.25, -0.2) is 14.1 Å². The van der Waals surface area contributed by atoms with E-state index < -0.39 is 29.3 Å². The summed E-state index contributed by atoms with van der Waals surface area (Å²) < 4.78 is 15.9. The van der Waals surface area contributed by atoms with Crippen molar-refractivity contribution >= 4 is 29.0 Å². The maximum atomic E-state index is 14.7. The Morgan fingerprint density at radius 3 is 2.70 bits per heavy atom. The number of hydrogen-bond acceptors (Lipinski definition) is 9. The average molecular weight is 526 g/mol. The smallest absolute Gasteiger partial charge is 0.270 e. The van der Waals surface area contributed by atoms with E-state index in [1.165, 1.54) is 28.3 Å². The first kappa shape index (κ1) is 25.9. The van der Waals surface area contributed by atoms with E-state index in [1.807, 2.05) is 0 Å². The molecule has 0 saturated carbocycles. The highest BCUT2D eigenvalue weighted by Crippen LogP contribution is 2.32. The molecular formula is C24H24FN7O4S. The standard InChI is InChI=1S/C24H24FN7O4S/c1-24(2,36)14-6-7-15(16(25)9-14)19-8-13(12-37-19)23(35)30-29-21-5-3-4-17(27-21)22(34)18-10-32(31-28-18)11-20(26)33/h3-10,12,22,34,36H,11H2,1-2H3,(H2,26,33)(H,27,29)(H,30,35). The van der Waals surface area contributed by atoms with Crippen LogP contribution in [-0.2, 0) is 16.9 Å². The number of hydrogen-bond donors (Lipinski definition) is 5. The van der Waals surface area contributed by atoms with Crippen molar-refractivity contribution in [2.75, 3.05) is 5.43 Å². The molecule has 3 aromatic heterocycles. The summed E-state index contributed by atoms with van der Waals surface area (Å²) in [5.41, 5.74) is 10.6. The van der Waals surface area contributed by atoms with Gasteiger partial charge in [0.1, 0.15) is 30.0 Å². The SMILES string of the molecule is CC(C)(O)c1ccc(-c2cc(C(=O)NNc3cccc(C(O)c4cn(CC(N)=O)nn4)n3)cs2)c(F)c1. The van der Waals surface area contributed by atoms with E-state index >= 15 is 0 Å². The Labute approximate surface area is 214 Å². The molecule has 0 spiro atoms. The van der Waals surface area contributed by atoms with Gasteiger partial charge in [0.25, 0.3) is 5.91 Å². The quantitative estimate of drug-likeness (QED) is 0.207. The maximum Gasteiger partial charge on any atom is 0.270 e. The number of aromatic nitrogens is 4. The molecule has 2 amide bonds. The second-order valence-electron chi connectivity index (χ2n) is 8.69. The number of primary amides is 1. The zero-order valence-corrected chi connectivity index (χ0v) is 20.7. The highest BCUT2D eigenvalue weighted by Gasteiger charge is 2.20. The second kappa shape index (κ2) is 10.4. The fraction of sp³-hybridized carbons (Fsp3) is 0.208. The summed E-state index contributed by atoms with van der Waals surface area (Å²) in [7, 11) is 0. The molecule has 13 heteroatoms. The van der Waals surface area contributed by atoms with E-state index in [0.29, 0.717) is 21.6 Å². The minimum atomic E-state index is -1.23. The number of carbonyl (C=O) groups excluding carboxylic acids is 2. The molecule has 192 valence electrons. The summed E-state index contributed by atoms with van der Waals surface area (Å²) in [6, 6.07) is 10.8. The lowest BCUT2D eigenvalue weighted by Crippen LogP contribution is -2.29. The Morgan fingerprint density at radius 1 is 1.22 bits per heavy atom. The molecule has 0 saturated heterocycles. The molecule has 6 N–H and O–H groups in total. The van der Waals surface area contributed by atoms with Crippen molar-refractivity contribution in [3.05, 3.63) is 82.4 Å². The van der Waals surface area contributed by atoms with Crippen LogP contribution in [0.2, 0.25) is 0 Å². The van der Waals surface area contributed by atoms with Gasteiger partial charge in [-0.1, -0.05) is 23.4 Å². The van der Waals surface area contributed by atoms with Crippen LogP contribution in [0.1, 0.15) is 47.3 Å². The average Bonchev–Trinajstić information content (AvgIpc) is 3.51. The molecule has 0 fully saturated rings. The molecular weight excluding hydrogens is 501 g/mol. The van der Waals surface area contributed by atoms with Crippen LogP contribution in [0.4, 0.5) is 10.2 Å². The third kappa shape index (κ3) is 6.14. The third-order valence-electron chi connectivity index (χ3n) is 5.31. The lowest BCUT2D eigenvalue weighted by atomic mass is 9.96. The van der Waals surface area contributed by atoms with Gasteiger partial charge in [0.05, 0.1) is 23.1 Å². The van der Waals surface area contributed by atoms with E-state index in [1.54, 1.807) is 55.6 Å². The summed E-state index contributed by atoms with van der Waals surface area (Å²) in [4.78, 5) is 28.5. The first-order valence-electron chi connectivity index (χ1n) is 11.0. The van der Waals surface area contributed by atoms with Crippen LogP contribution in [0.15, 0.2) is 54.0 Å². The molecule has 3 heterocycles. The van der Waals surface area contributed by atoms with E-state index in [4.69, 9.17) is 5.73 Å². The number of thiophene rings is 1. The van der Waals surface area contributed by atoms with Crippen molar-refractivity contribution in [1.29, 1.82) is 0 Å². The molecule has 0 aliphatic heterocycles. The number of halogens is 1. The van der Waals surface area contributed by atoms with Crippen LogP contribution in [0, 0.1) is 5.82 Å². The van der Waals surface area contributed by atoms with E-state index in [9.17, 15) is 24.2 Å². The number of hydrazine groups is 1. The predicted molar refractivity (Wildman–Crippen MR) is 134 cm³/mol. The van der Waals surface area contributed by atoms with Gasteiger partial charge in [0.15, 0.2) is 0 Å². The number of nitrogens with zero attached hydrogens (tertiary/aromatic N) is 4. The van der Waals surface area contributed by atoms with Crippen molar-refractivity contribution in [3.8, 4) is 10.4 Å². The fourth-order valence-corrected chi connectivity index (χ4v) is 4.30. The molecule has 0 bridgehead atoms. The van der Waals surface area contributed by atoms with Gasteiger partial charge in [-0.3, -0.25) is 20.4 Å². The summed E-state index contributed by atoms with van der Waals surface area (Å²) in [5, 5.41) is 29.8. The molecule has 1 unspecified atom stereocenters. The van der Waals surface area contributed by atoms with Crippen molar-refractivity contribution < 1.29 is 24.2 Å². The third-order valence-corrected chi connectivity index (χ3v) is 6.28. The Kier molecular flexibility index (Phi) is 7.29. The lowest BCUT2D eigenvalue weighted by molar-refractivity contribution is -0.118. The number of pyridine rings is 1. The van der Waals surface area contributed by atoms with Gasteiger partial charge in [-0.05, 0) is 43.7 Å². The van der Waals surface area contributed by atoms with E-state index in [2.05, 4.69) is 26.1 Å². The molecule has 11 nitrogen and oxygen atoms in total. The normalized spacial score (nSPS) is 12.2. The zero-order chi connectivity index (χ0) is 26.7. The number of aliphatic hydroxyl groups excluding tert-OH is 1. The molecule has 0 radical (unpaired) electrons. The Bertz CT molecular complexity index is 1450. The molecule has 0 aliphatic rings. The van der Waals surface area contributed by atoms with Crippen LogP contribution < -0.4 is 16.6 Å². The van der Waals surface area contributed by atoms with Crippen LogP contribution >= 0.6 is 11.3 Å². The highest BCUT2D eigenvalue weighted by atomic mass is 32.1. The maximum absolute atomic E-state index is 14.7. The summed E-state index contributed by atoms with van der Waals surface area (Å²) >= 11 is 1.21. The number of anilines is 1. The summed E-state index contributed by atoms with van der Waals surface area (Å²) in [5.74, 6) is -1.32. The van der Waals surface area contributed by atoms with Gasteiger partial charge < -0.3 is 15.9 Å². The topological polar surface area (TPSA) is 168 Å². The predicted octanol–water partition coefficient (Wildman–Crippen LogP) is 2.09. The Morgan fingerprint density at radius 2 is 2.00 bits per heavy atom. The molecule has 0 aliphatic carbocycles. The minimum Gasteiger partial charge on any atom is -0.386 e. The van der Waals surface area contributed by atoms with Crippen molar-refractivity contribution in [2.24, 2.45) is 5.73 Å². The number of benzene rings is 1. The Balaban J connectivity index is 1.41. The van der Waals surface area contributed by atoms with Crippen molar-refractivity contribution in [1.82, 2.24) is 25.4 Å². The summed E-state index contributed by atoms with van der Waals surface area (Å²) in [6.07, 6.45) is 0.157. The monoisotopic (exact) mass is 525 g/mol. The highest BCUT2D eigenvalue weighted by molar-refractivity contribution is 7.13. The largest absolute Gasteiger partial charge is 0.386 e. The van der Waals surface area contributed by atoms with E-state index in [-0.39, 0.29) is 23.8 Å². The van der Waals surface area contributed by atoms with E-state index in [0.717, 1.165) is 0 Å². The second-order valence-corrected chi connectivity index (χ2v) is 9.60. The lowest BCUT2D eigenvalue weighted by Gasteiger charge is -2.18. The van der Waals surface area contributed by atoms with Crippen LogP contribution in [0.5, 0.6) is 0 Å². The van der Waals surface area contributed by atoms with Gasteiger partial charge in [-0.15, -0.1) is 16.4 Å². The molecule has 4 aromatic rings. The molecule has 37 heavy (non-hydrogen) atoms. The van der Waals surface area contributed by atoms with Crippen molar-refractivity contribution in [2.45, 2.75) is 32.1 Å². The first-order valence-corrected chi connectivity index (χ1v) is 11.9. The van der Waals surface area contributed by atoms with Crippen LogP contribution in [-0.4, -0.2) is 42.0 Å². The number of carbonyl (C=O) groups is 2. The Hall–Kier alpha value is -4.20. The molecule has 1 atom stereocenters. The number of nitrogens with two attached hydrogens (primary N) is 1. The molecule has 4 rings (SSSR count). The van der Waals surface area contributed by atoms with Crippen molar-refractivity contribution in [3.63, 3.8) is 0 Å². The van der Waals surface area contributed by atoms with Crippen LogP contribution in [0.3, 0.4) is 0 Å². The first-order chi connectivity index (χ1) is 17.5. The summed E-state index contributed by atoms with van der Waals surface area (Å²) in [6.45, 7) is 2.97. The van der Waals surface area contributed by atoms with Gasteiger partial charge in [-0.2, -0.15) is 0 Å². The minimum absolute atomic E-state index is 0.170. The van der Waals surface area contributed by atoms with Gasteiger partial charge >= 0.3 is 0 Å². The number of rotatable bonds is 9. The zero-order valence-electron chi connectivity index (χ0n) is 19.8. The number of nitrogens with one attached hydrogen (secondary N) is 2. The molecule has 1 aromatic carbocycles. The fourth-order valence-electron chi connectivity index (χ4n) is 3.39. The van der Waals surface area contributed by atoms with Crippen LogP contribution in [0.25, 0.3) is 10.4 Å². The van der Waals surface area contributed by atoms with Gasteiger partial charge in [0.2, 0.25) is 5.91 Å².